The molecule has 4 heteroatoms. The van der Waals surface area contributed by atoms with Crippen molar-refractivity contribution in [3.05, 3.63) is 29.3 Å². The minimum Gasteiger partial charge on any atom is -0.465 e. The maximum atomic E-state index is 11.1. The van der Waals surface area contributed by atoms with Crippen molar-refractivity contribution in [2.45, 2.75) is 20.8 Å². The van der Waals surface area contributed by atoms with Gasteiger partial charge in [-0.05, 0) is 43.7 Å². The SMILES string of the molecule is CCNCN(C(=O)O)c1cc(C)cc(C)c1. The lowest BCUT2D eigenvalue weighted by Crippen LogP contribution is -2.38. The molecule has 0 bridgehead atoms. The lowest BCUT2D eigenvalue weighted by atomic mass is 10.1. The average Bonchev–Trinajstić information content (AvgIpc) is 2.16. The normalized spacial score (nSPS) is 10.2. The van der Waals surface area contributed by atoms with Gasteiger partial charge in [0.2, 0.25) is 0 Å². The number of nitrogens with zero attached hydrogens (tertiary/aromatic N) is 1. The lowest BCUT2D eigenvalue weighted by Gasteiger charge is -2.20. The van der Waals surface area contributed by atoms with Crippen LogP contribution in [0, 0.1) is 13.8 Å². The molecule has 0 aromatic heterocycles. The van der Waals surface area contributed by atoms with E-state index in [1.54, 1.807) is 0 Å². The second-order valence-electron chi connectivity index (χ2n) is 3.82. The van der Waals surface area contributed by atoms with Gasteiger partial charge in [-0.1, -0.05) is 13.0 Å². The van der Waals surface area contributed by atoms with E-state index in [0.717, 1.165) is 17.7 Å². The van der Waals surface area contributed by atoms with E-state index in [1.807, 2.05) is 39.0 Å². The molecule has 0 unspecified atom stereocenters. The van der Waals surface area contributed by atoms with Crippen molar-refractivity contribution in [3.8, 4) is 0 Å². The van der Waals surface area contributed by atoms with Crippen LogP contribution < -0.4 is 10.2 Å². The van der Waals surface area contributed by atoms with Crippen LogP contribution in [0.15, 0.2) is 18.2 Å². The predicted molar refractivity (Wildman–Crippen MR) is 65.0 cm³/mol. The molecule has 1 rings (SSSR count). The summed E-state index contributed by atoms with van der Waals surface area (Å²) in [5.74, 6) is 0. The van der Waals surface area contributed by atoms with Crippen molar-refractivity contribution in [1.29, 1.82) is 0 Å². The Balaban J connectivity index is 2.96. The van der Waals surface area contributed by atoms with Crippen LogP contribution in [0.2, 0.25) is 0 Å². The molecule has 0 aliphatic heterocycles. The van der Waals surface area contributed by atoms with E-state index in [4.69, 9.17) is 5.11 Å². The number of carboxylic acid groups (broad SMARTS) is 1. The van der Waals surface area contributed by atoms with E-state index in [1.165, 1.54) is 4.90 Å². The summed E-state index contributed by atoms with van der Waals surface area (Å²) in [6.07, 6.45) is -0.939. The second kappa shape index (κ2) is 5.51. The summed E-state index contributed by atoms with van der Waals surface area (Å²) in [6, 6.07) is 5.77. The predicted octanol–water partition coefficient (Wildman–Crippen LogP) is 2.35. The molecule has 0 saturated carbocycles. The molecular formula is C12H18N2O2. The first-order valence-electron chi connectivity index (χ1n) is 5.34. The minimum absolute atomic E-state index is 0.314. The van der Waals surface area contributed by atoms with Gasteiger partial charge >= 0.3 is 6.09 Å². The molecule has 0 spiro atoms. The second-order valence-corrected chi connectivity index (χ2v) is 3.82. The van der Waals surface area contributed by atoms with Crippen LogP contribution in [0.5, 0.6) is 0 Å². The van der Waals surface area contributed by atoms with E-state index in [-0.39, 0.29) is 0 Å². The topological polar surface area (TPSA) is 52.6 Å². The van der Waals surface area contributed by atoms with Crippen LogP contribution in [-0.4, -0.2) is 24.4 Å². The summed E-state index contributed by atoms with van der Waals surface area (Å²) < 4.78 is 0. The Hall–Kier alpha value is -1.55. The van der Waals surface area contributed by atoms with Gasteiger partial charge in [0.15, 0.2) is 0 Å². The summed E-state index contributed by atoms with van der Waals surface area (Å²) in [6.45, 7) is 6.93. The minimum atomic E-state index is -0.939. The van der Waals surface area contributed by atoms with Gasteiger partial charge in [0.1, 0.15) is 0 Å². The van der Waals surface area contributed by atoms with Gasteiger partial charge in [-0.25, -0.2) is 4.79 Å². The van der Waals surface area contributed by atoms with E-state index >= 15 is 0 Å². The molecule has 4 nitrogen and oxygen atoms in total. The quantitative estimate of drug-likeness (QED) is 0.769. The summed E-state index contributed by atoms with van der Waals surface area (Å²) in [5.41, 5.74) is 2.85. The molecule has 0 radical (unpaired) electrons. The molecule has 0 aliphatic rings. The third kappa shape index (κ3) is 3.24. The van der Waals surface area contributed by atoms with Crippen LogP contribution in [0.3, 0.4) is 0 Å². The highest BCUT2D eigenvalue weighted by Gasteiger charge is 2.13. The fourth-order valence-electron chi connectivity index (χ4n) is 1.60. The fourth-order valence-corrected chi connectivity index (χ4v) is 1.60. The molecule has 0 atom stereocenters. The van der Waals surface area contributed by atoms with Gasteiger partial charge in [-0.2, -0.15) is 0 Å². The van der Waals surface area contributed by atoms with Crippen LogP contribution in [0.1, 0.15) is 18.1 Å². The molecule has 1 aromatic carbocycles. The highest BCUT2D eigenvalue weighted by molar-refractivity contribution is 5.86. The van der Waals surface area contributed by atoms with E-state index in [9.17, 15) is 4.79 Å². The lowest BCUT2D eigenvalue weighted by molar-refractivity contribution is 0.201. The van der Waals surface area contributed by atoms with Gasteiger partial charge in [0.05, 0.1) is 6.67 Å². The molecule has 0 aliphatic carbocycles. The van der Waals surface area contributed by atoms with Crippen molar-refractivity contribution in [2.75, 3.05) is 18.1 Å². The Morgan fingerprint density at radius 1 is 1.31 bits per heavy atom. The molecule has 2 N–H and O–H groups in total. The van der Waals surface area contributed by atoms with Crippen molar-refractivity contribution in [3.63, 3.8) is 0 Å². The number of amides is 1. The largest absolute Gasteiger partial charge is 0.465 e. The highest BCUT2D eigenvalue weighted by Crippen LogP contribution is 2.18. The highest BCUT2D eigenvalue weighted by atomic mass is 16.4. The van der Waals surface area contributed by atoms with E-state index < -0.39 is 6.09 Å². The van der Waals surface area contributed by atoms with Crippen molar-refractivity contribution in [1.82, 2.24) is 5.32 Å². The van der Waals surface area contributed by atoms with Crippen LogP contribution in [-0.2, 0) is 0 Å². The van der Waals surface area contributed by atoms with Crippen LogP contribution in [0.25, 0.3) is 0 Å². The smallest absolute Gasteiger partial charge is 0.412 e. The third-order valence-corrected chi connectivity index (χ3v) is 2.27. The molecule has 1 amide bonds. The summed E-state index contributed by atoms with van der Waals surface area (Å²) >= 11 is 0. The van der Waals surface area contributed by atoms with Crippen molar-refractivity contribution >= 4 is 11.8 Å². The first kappa shape index (κ1) is 12.5. The Bertz CT molecular complexity index is 357. The third-order valence-electron chi connectivity index (χ3n) is 2.27. The molecule has 16 heavy (non-hydrogen) atoms. The Labute approximate surface area is 95.9 Å². The first-order chi connectivity index (χ1) is 7.54. The number of benzene rings is 1. The fraction of sp³-hybridized carbons (Fsp3) is 0.417. The van der Waals surface area contributed by atoms with Crippen LogP contribution >= 0.6 is 0 Å². The number of anilines is 1. The zero-order valence-corrected chi connectivity index (χ0v) is 9.95. The number of hydrogen-bond donors (Lipinski definition) is 2. The Morgan fingerprint density at radius 3 is 2.31 bits per heavy atom. The molecule has 88 valence electrons. The average molecular weight is 222 g/mol. The van der Waals surface area contributed by atoms with Gasteiger partial charge < -0.3 is 5.11 Å². The molecular weight excluding hydrogens is 204 g/mol. The van der Waals surface area contributed by atoms with Gasteiger partial charge in [-0.15, -0.1) is 0 Å². The molecule has 0 saturated heterocycles. The summed E-state index contributed by atoms with van der Waals surface area (Å²) in [4.78, 5) is 12.4. The van der Waals surface area contributed by atoms with Gasteiger partial charge in [0, 0.05) is 5.69 Å². The summed E-state index contributed by atoms with van der Waals surface area (Å²) in [7, 11) is 0. The number of rotatable bonds is 4. The standard InChI is InChI=1S/C12H18N2O2/c1-4-13-8-14(12(15)16)11-6-9(2)5-10(3)7-11/h5-7,13H,4,8H2,1-3H3,(H,15,16). The number of hydrogen-bond acceptors (Lipinski definition) is 2. The zero-order valence-electron chi connectivity index (χ0n) is 9.95. The van der Waals surface area contributed by atoms with Crippen molar-refractivity contribution in [2.24, 2.45) is 0 Å². The maximum Gasteiger partial charge on any atom is 0.412 e. The Kier molecular flexibility index (Phi) is 4.31. The zero-order chi connectivity index (χ0) is 12.1. The first-order valence-corrected chi connectivity index (χ1v) is 5.34. The van der Waals surface area contributed by atoms with Gasteiger partial charge in [-0.3, -0.25) is 10.2 Å². The number of aryl methyl sites for hydroxylation is 2. The molecule has 0 heterocycles. The number of nitrogens with one attached hydrogen (secondary N) is 1. The number of carbonyl (C=O) groups is 1. The van der Waals surface area contributed by atoms with Crippen molar-refractivity contribution < 1.29 is 9.90 Å². The maximum absolute atomic E-state index is 11.1. The van der Waals surface area contributed by atoms with Gasteiger partial charge in [0.25, 0.3) is 0 Å². The monoisotopic (exact) mass is 222 g/mol. The van der Waals surface area contributed by atoms with E-state index in [2.05, 4.69) is 5.32 Å². The van der Waals surface area contributed by atoms with Crippen LogP contribution in [0.4, 0.5) is 10.5 Å². The molecule has 1 aromatic rings. The molecule has 0 fully saturated rings. The summed E-state index contributed by atoms with van der Waals surface area (Å²) in [5, 5.41) is 12.1. The van der Waals surface area contributed by atoms with E-state index in [0.29, 0.717) is 12.4 Å². The Morgan fingerprint density at radius 2 is 1.88 bits per heavy atom.